The maximum Gasteiger partial charge on any atom is 0.339 e. The number of benzene rings is 1. The molecule has 1 aromatic rings. The Hall–Kier alpha value is -1.66. The molecule has 1 heterocycles. The Bertz CT molecular complexity index is 645. The summed E-state index contributed by atoms with van der Waals surface area (Å²) < 4.78 is 10.5. The van der Waals surface area contributed by atoms with Gasteiger partial charge in [0.05, 0.1) is 23.8 Å². The summed E-state index contributed by atoms with van der Waals surface area (Å²) in [6.45, 7) is 4.52. The Morgan fingerprint density at radius 2 is 2.17 bits per heavy atom. The lowest BCUT2D eigenvalue weighted by atomic mass is 10.2. The van der Waals surface area contributed by atoms with Gasteiger partial charge in [-0.3, -0.25) is 4.79 Å². The van der Waals surface area contributed by atoms with E-state index < -0.39 is 5.97 Å². The van der Waals surface area contributed by atoms with Crippen LogP contribution < -0.4 is 5.32 Å². The van der Waals surface area contributed by atoms with Gasteiger partial charge >= 0.3 is 5.97 Å². The number of esters is 1. The quantitative estimate of drug-likeness (QED) is 0.813. The van der Waals surface area contributed by atoms with Crippen LogP contribution in [0.25, 0.3) is 0 Å². The largest absolute Gasteiger partial charge is 0.496 e. The van der Waals surface area contributed by atoms with Crippen molar-refractivity contribution in [1.29, 1.82) is 0 Å². The average Bonchev–Trinajstić information content (AvgIpc) is 2.56. The first-order chi connectivity index (χ1) is 11.1. The number of halogens is 1. The van der Waals surface area contributed by atoms with Gasteiger partial charge in [-0.25, -0.2) is 4.79 Å². The molecule has 0 fully saturated rings. The number of thioether (sulfide) groups is 1. The monoisotopic (exact) mass is 355 g/mol. The molecule has 23 heavy (non-hydrogen) atoms. The zero-order valence-electron chi connectivity index (χ0n) is 13.0. The summed E-state index contributed by atoms with van der Waals surface area (Å²) in [5.41, 5.74) is 0.708. The molecule has 7 heteroatoms. The first-order valence-corrected chi connectivity index (χ1v) is 8.69. The third kappa shape index (κ3) is 4.42. The molecule has 0 aromatic heterocycles. The number of allylic oxidation sites excluding steroid dienone is 1. The summed E-state index contributed by atoms with van der Waals surface area (Å²) in [7, 11) is 0. The van der Waals surface area contributed by atoms with E-state index in [1.54, 1.807) is 19.1 Å². The van der Waals surface area contributed by atoms with Gasteiger partial charge in [-0.15, -0.1) is 11.8 Å². The third-order valence-corrected chi connectivity index (χ3v) is 4.51. The summed E-state index contributed by atoms with van der Waals surface area (Å²) in [6.07, 6.45) is 0.657. The maximum absolute atomic E-state index is 12.4. The number of carbonyl (C=O) groups excluding carboxylic acids is 2. The molecule has 0 atom stereocenters. The van der Waals surface area contributed by atoms with Gasteiger partial charge < -0.3 is 14.8 Å². The topological polar surface area (TPSA) is 64.6 Å². The number of hydrogen-bond donors (Lipinski definition) is 1. The van der Waals surface area contributed by atoms with Gasteiger partial charge in [0.15, 0.2) is 0 Å². The fourth-order valence-electron chi connectivity index (χ4n) is 2.07. The average molecular weight is 356 g/mol. The molecule has 0 saturated heterocycles. The van der Waals surface area contributed by atoms with Gasteiger partial charge in [-0.2, -0.15) is 0 Å². The second-order valence-corrected chi connectivity index (χ2v) is 6.18. The molecule has 1 aliphatic rings. The molecule has 0 bridgehead atoms. The zero-order valence-corrected chi connectivity index (χ0v) is 14.6. The van der Waals surface area contributed by atoms with Crippen molar-refractivity contribution in [3.05, 3.63) is 39.4 Å². The number of carbonyl (C=O) groups is 2. The Morgan fingerprint density at radius 1 is 1.39 bits per heavy atom. The molecule has 5 nitrogen and oxygen atoms in total. The van der Waals surface area contributed by atoms with Crippen LogP contribution in [0.4, 0.5) is 5.69 Å². The molecule has 124 valence electrons. The van der Waals surface area contributed by atoms with Gasteiger partial charge in [-0.1, -0.05) is 18.5 Å². The molecule has 2 rings (SSSR count). The highest BCUT2D eigenvalue weighted by Crippen LogP contribution is 2.29. The number of amides is 1. The normalized spacial score (nSPS) is 14.2. The molecule has 1 N–H and O–H groups in total. The second-order valence-electron chi connectivity index (χ2n) is 4.67. The minimum absolute atomic E-state index is 0.226. The Balaban J connectivity index is 2.20. The summed E-state index contributed by atoms with van der Waals surface area (Å²) in [4.78, 5) is 24.8. The molecule has 0 saturated carbocycles. The molecular weight excluding hydrogens is 338 g/mol. The summed E-state index contributed by atoms with van der Waals surface area (Å²) >= 11 is 7.48. The summed E-state index contributed by atoms with van der Waals surface area (Å²) in [5, 5.41) is 3.06. The fourth-order valence-corrected chi connectivity index (χ4v) is 3.18. The van der Waals surface area contributed by atoms with E-state index >= 15 is 0 Å². The minimum Gasteiger partial charge on any atom is -0.496 e. The first-order valence-electron chi connectivity index (χ1n) is 7.33. The van der Waals surface area contributed by atoms with Crippen molar-refractivity contribution in [2.45, 2.75) is 20.3 Å². The van der Waals surface area contributed by atoms with Crippen LogP contribution in [0.2, 0.25) is 5.02 Å². The number of nitrogens with one attached hydrogen (secondary N) is 1. The Kier molecular flexibility index (Phi) is 6.36. The number of rotatable bonds is 5. The van der Waals surface area contributed by atoms with Gasteiger partial charge in [0.2, 0.25) is 0 Å². The van der Waals surface area contributed by atoms with E-state index in [9.17, 15) is 9.59 Å². The van der Waals surface area contributed by atoms with Crippen molar-refractivity contribution >= 4 is 40.9 Å². The standard InChI is InChI=1S/C16H18ClNO4S/c1-3-13-14(23-8-7-22-13)15(19)18-10-5-6-12(17)11(9-10)16(20)21-4-2/h5-6,9H,3-4,7-8H2,1-2H3,(H,18,19). The third-order valence-electron chi connectivity index (χ3n) is 3.11. The predicted molar refractivity (Wildman–Crippen MR) is 91.8 cm³/mol. The minimum atomic E-state index is -0.516. The van der Waals surface area contributed by atoms with E-state index in [0.717, 1.165) is 5.75 Å². The van der Waals surface area contributed by atoms with Crippen LogP contribution in [0.15, 0.2) is 28.9 Å². The van der Waals surface area contributed by atoms with E-state index in [1.165, 1.54) is 17.8 Å². The molecule has 0 spiro atoms. The zero-order chi connectivity index (χ0) is 16.8. The SMILES string of the molecule is CCOC(=O)c1cc(NC(=O)C2=C(CC)OCCS2)ccc1Cl. The van der Waals surface area contributed by atoms with Crippen LogP contribution in [0.1, 0.15) is 30.6 Å². The van der Waals surface area contributed by atoms with E-state index in [2.05, 4.69) is 5.32 Å². The van der Waals surface area contributed by atoms with Crippen LogP contribution in [-0.2, 0) is 14.3 Å². The van der Waals surface area contributed by atoms with Gasteiger partial charge in [0, 0.05) is 17.9 Å². The Labute approximate surface area is 144 Å². The fraction of sp³-hybridized carbons (Fsp3) is 0.375. The molecule has 1 aromatic carbocycles. The van der Waals surface area contributed by atoms with E-state index in [1.807, 2.05) is 6.92 Å². The van der Waals surface area contributed by atoms with Crippen LogP contribution in [0.3, 0.4) is 0 Å². The number of ether oxygens (including phenoxy) is 2. The maximum atomic E-state index is 12.4. The lowest BCUT2D eigenvalue weighted by Gasteiger charge is -2.19. The van der Waals surface area contributed by atoms with Crippen molar-refractivity contribution in [2.24, 2.45) is 0 Å². The van der Waals surface area contributed by atoms with Gasteiger partial charge in [-0.05, 0) is 25.1 Å². The van der Waals surface area contributed by atoms with Crippen LogP contribution in [0.5, 0.6) is 0 Å². The molecule has 0 radical (unpaired) electrons. The van der Waals surface area contributed by atoms with E-state index in [-0.39, 0.29) is 23.1 Å². The molecule has 0 aliphatic carbocycles. The lowest BCUT2D eigenvalue weighted by Crippen LogP contribution is -2.19. The molecule has 1 aliphatic heterocycles. The Morgan fingerprint density at radius 3 is 2.87 bits per heavy atom. The van der Waals surface area contributed by atoms with Crippen LogP contribution in [-0.4, -0.2) is 30.8 Å². The molecule has 0 unspecified atom stereocenters. The highest BCUT2D eigenvalue weighted by atomic mass is 35.5. The molecule has 1 amide bonds. The smallest absolute Gasteiger partial charge is 0.339 e. The second kappa shape index (κ2) is 8.26. The summed E-state index contributed by atoms with van der Waals surface area (Å²) in [5.74, 6) is 0.667. The van der Waals surface area contributed by atoms with Crippen molar-refractivity contribution in [2.75, 3.05) is 24.3 Å². The van der Waals surface area contributed by atoms with Gasteiger partial charge in [0.1, 0.15) is 10.7 Å². The predicted octanol–water partition coefficient (Wildman–Crippen LogP) is 3.84. The summed E-state index contributed by atoms with van der Waals surface area (Å²) in [6, 6.07) is 4.71. The highest BCUT2D eigenvalue weighted by Gasteiger charge is 2.21. The van der Waals surface area contributed by atoms with Crippen molar-refractivity contribution in [1.82, 2.24) is 0 Å². The number of hydrogen-bond acceptors (Lipinski definition) is 5. The van der Waals surface area contributed by atoms with E-state index in [0.29, 0.717) is 29.4 Å². The first kappa shape index (κ1) is 17.7. The van der Waals surface area contributed by atoms with Gasteiger partial charge in [0.25, 0.3) is 5.91 Å². The van der Waals surface area contributed by atoms with Crippen molar-refractivity contribution in [3.8, 4) is 0 Å². The number of anilines is 1. The van der Waals surface area contributed by atoms with Crippen LogP contribution >= 0.6 is 23.4 Å². The van der Waals surface area contributed by atoms with Crippen molar-refractivity contribution < 1.29 is 19.1 Å². The van der Waals surface area contributed by atoms with Crippen LogP contribution in [0, 0.1) is 0 Å². The lowest BCUT2D eigenvalue weighted by molar-refractivity contribution is -0.112. The van der Waals surface area contributed by atoms with Crippen molar-refractivity contribution in [3.63, 3.8) is 0 Å². The van der Waals surface area contributed by atoms with E-state index in [4.69, 9.17) is 21.1 Å². The molecular formula is C16H18ClNO4S. The highest BCUT2D eigenvalue weighted by molar-refractivity contribution is 8.04.